The molecule has 3 atom stereocenters. The van der Waals surface area contributed by atoms with Gasteiger partial charge in [0.1, 0.15) is 17.5 Å². The van der Waals surface area contributed by atoms with E-state index in [1.165, 1.54) is 27.5 Å². The van der Waals surface area contributed by atoms with Gasteiger partial charge >= 0.3 is 0 Å². The van der Waals surface area contributed by atoms with Crippen molar-refractivity contribution >= 4 is 21.7 Å². The summed E-state index contributed by atoms with van der Waals surface area (Å²) in [6.07, 6.45) is 2.10. The number of Topliss-reactive ketones (excluding diaryl/α,β-unsaturated/α-hetero) is 1. The molecule has 3 N–H and O–H groups in total. The number of phenolic OH excluding ortho intramolecular Hbond substituents is 1. The van der Waals surface area contributed by atoms with E-state index in [4.69, 9.17) is 5.73 Å². The standard InChI is InChI=1S/C21H24N4O5S/c22-17(11-14-4-3-6-16(26)10-14)21(28)24-9-7-18-20(24)19(27)12-25(18)31(29,30)13-15-5-1-2-8-23-15/h1-6,8,10,17-18,20,26H,7,9,11-13,22H2. The maximum absolute atomic E-state index is 13.0. The maximum Gasteiger partial charge on any atom is 0.240 e. The van der Waals surface area contributed by atoms with Gasteiger partial charge in [-0.1, -0.05) is 18.2 Å². The number of fused-ring (bicyclic) bond motifs is 1. The van der Waals surface area contributed by atoms with Gasteiger partial charge in [-0.2, -0.15) is 4.31 Å². The molecule has 0 spiro atoms. The van der Waals surface area contributed by atoms with Crippen molar-refractivity contribution in [2.45, 2.75) is 36.7 Å². The van der Waals surface area contributed by atoms with Gasteiger partial charge in [0.05, 0.1) is 24.3 Å². The number of nitrogens with two attached hydrogens (primary N) is 1. The second-order valence-corrected chi connectivity index (χ2v) is 9.82. The molecule has 0 bridgehead atoms. The van der Waals surface area contributed by atoms with Gasteiger partial charge in [0.25, 0.3) is 0 Å². The molecular weight excluding hydrogens is 420 g/mol. The summed E-state index contributed by atoms with van der Waals surface area (Å²) in [5.74, 6) is -0.911. The molecule has 1 aromatic heterocycles. The van der Waals surface area contributed by atoms with Crippen LogP contribution in [0.15, 0.2) is 48.7 Å². The van der Waals surface area contributed by atoms with E-state index in [0.29, 0.717) is 17.7 Å². The summed E-state index contributed by atoms with van der Waals surface area (Å²) >= 11 is 0. The third-order valence-electron chi connectivity index (χ3n) is 5.76. The SMILES string of the molecule is NC(Cc1cccc(O)c1)C(=O)N1CCC2C1C(=O)CN2S(=O)(=O)Cc1ccccn1. The Labute approximate surface area is 180 Å². The minimum absolute atomic E-state index is 0.0816. The molecule has 1 amide bonds. The third-order valence-corrected chi connectivity index (χ3v) is 7.53. The van der Waals surface area contributed by atoms with Crippen LogP contribution in [-0.2, 0) is 31.8 Å². The first-order valence-corrected chi connectivity index (χ1v) is 11.6. The highest BCUT2D eigenvalue weighted by Crippen LogP contribution is 2.33. The Morgan fingerprint density at radius 3 is 2.77 bits per heavy atom. The van der Waals surface area contributed by atoms with Crippen molar-refractivity contribution in [2.24, 2.45) is 5.73 Å². The second kappa shape index (κ2) is 8.37. The number of carbonyl (C=O) groups excluding carboxylic acids is 2. The molecule has 2 aliphatic rings. The van der Waals surface area contributed by atoms with Crippen molar-refractivity contribution in [3.8, 4) is 5.75 Å². The predicted octanol–water partition coefficient (Wildman–Crippen LogP) is 0.0412. The highest BCUT2D eigenvalue weighted by Gasteiger charge is 2.53. The van der Waals surface area contributed by atoms with Crippen LogP contribution in [0.5, 0.6) is 5.75 Å². The topological polar surface area (TPSA) is 134 Å². The molecule has 0 radical (unpaired) electrons. The van der Waals surface area contributed by atoms with Crippen LogP contribution in [0, 0.1) is 0 Å². The van der Waals surface area contributed by atoms with E-state index >= 15 is 0 Å². The zero-order valence-electron chi connectivity index (χ0n) is 16.8. The van der Waals surface area contributed by atoms with Gasteiger partial charge in [0.15, 0.2) is 5.78 Å². The average Bonchev–Trinajstić information content (AvgIpc) is 3.29. The Hall–Kier alpha value is -2.82. The molecule has 0 saturated carbocycles. The number of likely N-dealkylation sites (tertiary alicyclic amines) is 1. The number of aromatic nitrogens is 1. The van der Waals surface area contributed by atoms with Crippen molar-refractivity contribution < 1.29 is 23.1 Å². The number of aromatic hydroxyl groups is 1. The third kappa shape index (κ3) is 4.32. The van der Waals surface area contributed by atoms with Gasteiger partial charge in [-0.05, 0) is 42.7 Å². The van der Waals surface area contributed by atoms with Crippen LogP contribution in [0.2, 0.25) is 0 Å². The normalized spacial score (nSPS) is 22.5. The van der Waals surface area contributed by atoms with E-state index in [0.717, 1.165) is 0 Å². The first-order valence-electron chi connectivity index (χ1n) is 10.0. The number of benzene rings is 1. The summed E-state index contributed by atoms with van der Waals surface area (Å²) in [6, 6.07) is 9.21. The van der Waals surface area contributed by atoms with Crippen LogP contribution >= 0.6 is 0 Å². The van der Waals surface area contributed by atoms with Gasteiger partial charge in [0, 0.05) is 12.7 Å². The molecule has 2 aliphatic heterocycles. The molecule has 3 heterocycles. The van der Waals surface area contributed by atoms with Gasteiger partial charge in [-0.25, -0.2) is 8.42 Å². The first kappa shape index (κ1) is 21.4. The minimum atomic E-state index is -3.77. The zero-order chi connectivity index (χ0) is 22.2. The Kier molecular flexibility index (Phi) is 5.78. The molecule has 2 aromatic rings. The van der Waals surface area contributed by atoms with Crippen LogP contribution in [0.3, 0.4) is 0 Å². The van der Waals surface area contributed by atoms with Crippen molar-refractivity contribution in [2.75, 3.05) is 13.1 Å². The number of sulfonamides is 1. The fourth-order valence-corrected chi connectivity index (χ4v) is 6.04. The van der Waals surface area contributed by atoms with Crippen molar-refractivity contribution in [3.05, 3.63) is 59.9 Å². The van der Waals surface area contributed by atoms with Gasteiger partial charge in [-0.3, -0.25) is 14.6 Å². The molecular formula is C21H24N4O5S. The number of pyridine rings is 1. The van der Waals surface area contributed by atoms with E-state index in [2.05, 4.69) is 4.98 Å². The lowest BCUT2D eigenvalue weighted by Gasteiger charge is -2.26. The molecule has 31 heavy (non-hydrogen) atoms. The predicted molar refractivity (Wildman–Crippen MR) is 112 cm³/mol. The largest absolute Gasteiger partial charge is 0.508 e. The molecule has 0 aliphatic carbocycles. The number of amides is 1. The average molecular weight is 445 g/mol. The number of hydrogen-bond donors (Lipinski definition) is 2. The van der Waals surface area contributed by atoms with Gasteiger partial charge in [-0.15, -0.1) is 0 Å². The van der Waals surface area contributed by atoms with E-state index in [1.807, 2.05) is 0 Å². The highest BCUT2D eigenvalue weighted by molar-refractivity contribution is 7.88. The van der Waals surface area contributed by atoms with Crippen LogP contribution in [-0.4, -0.2) is 70.6 Å². The van der Waals surface area contributed by atoms with Crippen LogP contribution in [0.1, 0.15) is 17.7 Å². The van der Waals surface area contributed by atoms with E-state index in [9.17, 15) is 23.1 Å². The minimum Gasteiger partial charge on any atom is -0.508 e. The lowest BCUT2D eigenvalue weighted by atomic mass is 10.0. The molecule has 2 fully saturated rings. The summed E-state index contributed by atoms with van der Waals surface area (Å²) in [4.78, 5) is 31.2. The lowest BCUT2D eigenvalue weighted by Crippen LogP contribution is -2.50. The Balaban J connectivity index is 1.47. The Bertz CT molecular complexity index is 1090. The number of rotatable bonds is 6. The van der Waals surface area contributed by atoms with Crippen molar-refractivity contribution in [3.63, 3.8) is 0 Å². The summed E-state index contributed by atoms with van der Waals surface area (Å²) < 4.78 is 27.1. The fourth-order valence-electron chi connectivity index (χ4n) is 4.37. The van der Waals surface area contributed by atoms with Crippen LogP contribution < -0.4 is 5.73 Å². The van der Waals surface area contributed by atoms with E-state index < -0.39 is 34.1 Å². The first-order chi connectivity index (χ1) is 14.8. The number of phenols is 1. The summed E-state index contributed by atoms with van der Waals surface area (Å²) in [6.45, 7) is 0.0132. The van der Waals surface area contributed by atoms with E-state index in [1.54, 1.807) is 30.3 Å². The monoisotopic (exact) mass is 444 g/mol. The highest BCUT2D eigenvalue weighted by atomic mass is 32.2. The number of carbonyl (C=O) groups is 2. The maximum atomic E-state index is 13.0. The molecule has 10 heteroatoms. The molecule has 9 nitrogen and oxygen atoms in total. The van der Waals surface area contributed by atoms with Gasteiger partial charge < -0.3 is 15.7 Å². The van der Waals surface area contributed by atoms with Crippen molar-refractivity contribution in [1.82, 2.24) is 14.2 Å². The lowest BCUT2D eigenvalue weighted by molar-refractivity contribution is -0.137. The number of nitrogens with zero attached hydrogens (tertiary/aromatic N) is 3. The van der Waals surface area contributed by atoms with E-state index in [-0.39, 0.29) is 36.8 Å². The second-order valence-electron chi connectivity index (χ2n) is 7.90. The number of ketones is 1. The summed E-state index contributed by atoms with van der Waals surface area (Å²) in [5.41, 5.74) is 7.21. The molecule has 164 valence electrons. The Morgan fingerprint density at radius 1 is 1.26 bits per heavy atom. The molecule has 2 saturated heterocycles. The summed E-state index contributed by atoms with van der Waals surface area (Å²) in [7, 11) is -3.77. The smallest absolute Gasteiger partial charge is 0.240 e. The summed E-state index contributed by atoms with van der Waals surface area (Å²) in [5, 5.41) is 9.60. The zero-order valence-corrected chi connectivity index (χ0v) is 17.6. The molecule has 1 aromatic carbocycles. The van der Waals surface area contributed by atoms with Crippen LogP contribution in [0.25, 0.3) is 0 Å². The molecule has 4 rings (SSSR count). The number of hydrogen-bond acceptors (Lipinski definition) is 7. The van der Waals surface area contributed by atoms with Crippen molar-refractivity contribution in [1.29, 1.82) is 0 Å². The Morgan fingerprint density at radius 2 is 2.06 bits per heavy atom. The quantitative estimate of drug-likeness (QED) is 0.642. The van der Waals surface area contributed by atoms with Gasteiger partial charge in [0.2, 0.25) is 15.9 Å². The van der Waals surface area contributed by atoms with Crippen LogP contribution in [0.4, 0.5) is 0 Å². The molecule has 3 unspecified atom stereocenters. The fraction of sp³-hybridized carbons (Fsp3) is 0.381.